The minimum atomic E-state index is -0.340. The number of ether oxygens (including phenoxy) is 1. The minimum Gasteiger partial charge on any atom is -0.369 e. The Bertz CT molecular complexity index is 765. The topological polar surface area (TPSA) is 89.0 Å². The van der Waals surface area contributed by atoms with Crippen LogP contribution in [0.1, 0.15) is 30.8 Å². The molecule has 1 saturated heterocycles. The van der Waals surface area contributed by atoms with Gasteiger partial charge in [-0.2, -0.15) is 0 Å². The fraction of sp³-hybridized carbons (Fsp3) is 0.438. The number of H-pyrrole nitrogens is 1. The van der Waals surface area contributed by atoms with Gasteiger partial charge in [-0.1, -0.05) is 0 Å². The van der Waals surface area contributed by atoms with Crippen molar-refractivity contribution in [2.45, 2.75) is 32.9 Å². The lowest BCUT2D eigenvalue weighted by Crippen LogP contribution is -2.27. The van der Waals surface area contributed by atoms with Crippen molar-refractivity contribution < 1.29 is 9.53 Å². The Kier molecular flexibility index (Phi) is 4.29. The van der Waals surface area contributed by atoms with Crippen LogP contribution in [-0.4, -0.2) is 27.0 Å². The number of hydrogen-bond donors (Lipinski definition) is 2. The van der Waals surface area contributed by atoms with E-state index in [1.165, 1.54) is 12.3 Å². The van der Waals surface area contributed by atoms with E-state index in [-0.39, 0.29) is 23.5 Å². The maximum absolute atomic E-state index is 12.6. The van der Waals surface area contributed by atoms with Crippen LogP contribution >= 0.6 is 0 Å². The molecule has 2 N–H and O–H groups in total. The van der Waals surface area contributed by atoms with Gasteiger partial charge in [-0.25, -0.2) is 4.98 Å². The van der Waals surface area contributed by atoms with Crippen LogP contribution in [0.3, 0.4) is 0 Å². The predicted molar refractivity (Wildman–Crippen MR) is 85.1 cm³/mol. The van der Waals surface area contributed by atoms with E-state index in [0.717, 1.165) is 17.9 Å². The summed E-state index contributed by atoms with van der Waals surface area (Å²) in [5.74, 6) is 0.366. The molecule has 0 aromatic carbocycles. The first-order chi connectivity index (χ1) is 11.1. The van der Waals surface area contributed by atoms with E-state index in [0.29, 0.717) is 18.7 Å². The molecule has 2 atom stereocenters. The molecule has 3 heterocycles. The second-order valence-electron chi connectivity index (χ2n) is 5.64. The summed E-state index contributed by atoms with van der Waals surface area (Å²) in [6, 6.07) is 1.46. The van der Waals surface area contributed by atoms with E-state index in [1.807, 2.05) is 17.7 Å². The second kappa shape index (κ2) is 6.37. The number of rotatable bonds is 4. The van der Waals surface area contributed by atoms with E-state index in [2.05, 4.69) is 15.3 Å². The van der Waals surface area contributed by atoms with Gasteiger partial charge in [-0.3, -0.25) is 9.59 Å². The van der Waals surface area contributed by atoms with Crippen molar-refractivity contribution >= 4 is 11.6 Å². The van der Waals surface area contributed by atoms with Gasteiger partial charge in [-0.05, 0) is 25.8 Å². The molecule has 0 bridgehead atoms. The number of carbonyl (C=O) groups is 1. The van der Waals surface area contributed by atoms with Crippen LogP contribution < -0.4 is 10.9 Å². The highest BCUT2D eigenvalue weighted by Crippen LogP contribution is 2.34. The standard InChI is InChI=1S/C16H20N4O3/c1-3-20-6-5-17-15(20)14-11(4-7-23-14)16(22)19-12-9-18-13(21)8-10(12)2/h5-6,8-9,11,14H,3-4,7H2,1-2H3,(H,18,21)(H,19,22)/t11-,14-/m1/s1. The number of nitrogens with zero attached hydrogens (tertiary/aromatic N) is 2. The van der Waals surface area contributed by atoms with Crippen molar-refractivity contribution in [2.24, 2.45) is 5.92 Å². The minimum absolute atomic E-state index is 0.117. The van der Waals surface area contributed by atoms with E-state index in [1.54, 1.807) is 13.1 Å². The first-order valence-corrected chi connectivity index (χ1v) is 7.73. The molecular formula is C16H20N4O3. The molecule has 2 aromatic rings. The third kappa shape index (κ3) is 3.05. The fourth-order valence-electron chi connectivity index (χ4n) is 2.89. The molecule has 1 aliphatic rings. The monoisotopic (exact) mass is 316 g/mol. The highest BCUT2D eigenvalue weighted by Gasteiger charge is 2.37. The Labute approximate surface area is 133 Å². The highest BCUT2D eigenvalue weighted by molar-refractivity contribution is 5.93. The molecule has 0 unspecified atom stereocenters. The van der Waals surface area contributed by atoms with Crippen molar-refractivity contribution in [3.8, 4) is 0 Å². The third-order valence-corrected chi connectivity index (χ3v) is 4.16. The zero-order valence-corrected chi connectivity index (χ0v) is 13.2. The van der Waals surface area contributed by atoms with Gasteiger partial charge < -0.3 is 19.6 Å². The highest BCUT2D eigenvalue weighted by atomic mass is 16.5. The number of imidazole rings is 1. The first kappa shape index (κ1) is 15.5. The Morgan fingerprint density at radius 3 is 3.13 bits per heavy atom. The van der Waals surface area contributed by atoms with E-state index in [9.17, 15) is 9.59 Å². The number of pyridine rings is 1. The molecule has 0 aliphatic carbocycles. The lowest BCUT2D eigenvalue weighted by molar-refractivity contribution is -0.121. The van der Waals surface area contributed by atoms with Crippen LogP contribution in [0.2, 0.25) is 0 Å². The predicted octanol–water partition coefficient (Wildman–Crippen LogP) is 1.62. The Balaban J connectivity index is 1.79. The summed E-state index contributed by atoms with van der Waals surface area (Å²) < 4.78 is 7.75. The molecule has 7 nitrogen and oxygen atoms in total. The molecule has 0 saturated carbocycles. The van der Waals surface area contributed by atoms with Crippen molar-refractivity contribution in [3.63, 3.8) is 0 Å². The average molecular weight is 316 g/mol. The van der Waals surface area contributed by atoms with Gasteiger partial charge in [0, 0.05) is 37.8 Å². The SMILES string of the molecule is CCn1ccnc1[C@@H]1OCC[C@H]1C(=O)Nc1c[nH]c(=O)cc1C. The number of amides is 1. The molecule has 3 rings (SSSR count). The lowest BCUT2D eigenvalue weighted by atomic mass is 9.99. The normalized spacial score (nSPS) is 20.6. The number of hydrogen-bond acceptors (Lipinski definition) is 4. The van der Waals surface area contributed by atoms with Gasteiger partial charge in [0.2, 0.25) is 11.5 Å². The molecule has 122 valence electrons. The number of anilines is 1. The second-order valence-corrected chi connectivity index (χ2v) is 5.64. The molecule has 1 amide bonds. The molecule has 0 spiro atoms. The number of carbonyl (C=O) groups excluding carboxylic acids is 1. The molecule has 7 heteroatoms. The Morgan fingerprint density at radius 1 is 1.57 bits per heavy atom. The number of aromatic amines is 1. The van der Waals surface area contributed by atoms with E-state index < -0.39 is 0 Å². The van der Waals surface area contributed by atoms with Crippen LogP contribution in [0.5, 0.6) is 0 Å². The molecule has 1 aliphatic heterocycles. The van der Waals surface area contributed by atoms with Crippen LogP contribution in [0.25, 0.3) is 0 Å². The third-order valence-electron chi connectivity index (χ3n) is 4.16. The zero-order chi connectivity index (χ0) is 16.4. The summed E-state index contributed by atoms with van der Waals surface area (Å²) in [5.41, 5.74) is 1.15. The van der Waals surface area contributed by atoms with Crippen molar-refractivity contribution in [3.05, 3.63) is 46.4 Å². The Hall–Kier alpha value is -2.41. The largest absolute Gasteiger partial charge is 0.369 e. The summed E-state index contributed by atoms with van der Waals surface area (Å²) >= 11 is 0. The van der Waals surface area contributed by atoms with Crippen molar-refractivity contribution in [1.82, 2.24) is 14.5 Å². The van der Waals surface area contributed by atoms with Crippen molar-refractivity contribution in [2.75, 3.05) is 11.9 Å². The maximum Gasteiger partial charge on any atom is 0.248 e. The van der Waals surface area contributed by atoms with Gasteiger partial charge >= 0.3 is 0 Å². The van der Waals surface area contributed by atoms with Gasteiger partial charge in [0.05, 0.1) is 11.6 Å². The van der Waals surface area contributed by atoms with Gasteiger partial charge in [-0.15, -0.1) is 0 Å². The summed E-state index contributed by atoms with van der Waals surface area (Å²) in [6.07, 6.45) is 5.44. The maximum atomic E-state index is 12.6. The summed E-state index contributed by atoms with van der Waals surface area (Å²) in [4.78, 5) is 30.8. The zero-order valence-electron chi connectivity index (χ0n) is 13.2. The van der Waals surface area contributed by atoms with Gasteiger partial charge in [0.1, 0.15) is 11.9 Å². The first-order valence-electron chi connectivity index (χ1n) is 7.73. The average Bonchev–Trinajstić information content (AvgIpc) is 3.17. The van der Waals surface area contributed by atoms with Crippen LogP contribution in [-0.2, 0) is 16.1 Å². The van der Waals surface area contributed by atoms with Gasteiger partial charge in [0.25, 0.3) is 0 Å². The molecule has 0 radical (unpaired) electrons. The lowest BCUT2D eigenvalue weighted by Gasteiger charge is -2.19. The van der Waals surface area contributed by atoms with Crippen molar-refractivity contribution in [1.29, 1.82) is 0 Å². The Morgan fingerprint density at radius 2 is 2.39 bits per heavy atom. The number of nitrogens with one attached hydrogen (secondary N) is 2. The molecule has 1 fully saturated rings. The van der Waals surface area contributed by atoms with Crippen LogP contribution in [0, 0.1) is 12.8 Å². The molecule has 2 aromatic heterocycles. The van der Waals surface area contributed by atoms with Gasteiger partial charge in [0.15, 0.2) is 0 Å². The summed E-state index contributed by atoms with van der Waals surface area (Å²) in [5, 5.41) is 2.88. The quantitative estimate of drug-likeness (QED) is 0.897. The summed E-state index contributed by atoms with van der Waals surface area (Å²) in [6.45, 7) is 5.13. The smallest absolute Gasteiger partial charge is 0.248 e. The number of aromatic nitrogens is 3. The summed E-state index contributed by atoms with van der Waals surface area (Å²) in [7, 11) is 0. The van der Waals surface area contributed by atoms with Crippen LogP contribution in [0.15, 0.2) is 29.5 Å². The van der Waals surface area contributed by atoms with Crippen LogP contribution in [0.4, 0.5) is 5.69 Å². The van der Waals surface area contributed by atoms with E-state index in [4.69, 9.17) is 4.74 Å². The number of aryl methyl sites for hydroxylation is 2. The molecular weight excluding hydrogens is 296 g/mol. The fourth-order valence-corrected chi connectivity index (χ4v) is 2.89. The van der Waals surface area contributed by atoms with E-state index >= 15 is 0 Å². The molecule has 23 heavy (non-hydrogen) atoms.